The van der Waals surface area contributed by atoms with Gasteiger partial charge in [-0.1, -0.05) is 32.1 Å². The van der Waals surface area contributed by atoms with Gasteiger partial charge < -0.3 is 24.1 Å². The number of carbonyl (C=O) groups is 3. The third kappa shape index (κ3) is 5.68. The lowest BCUT2D eigenvalue weighted by atomic mass is 10.3. The van der Waals surface area contributed by atoms with E-state index >= 15 is 0 Å². The van der Waals surface area contributed by atoms with Crippen LogP contribution in [0.1, 0.15) is 19.8 Å². The highest BCUT2D eigenvalue weighted by Gasteiger charge is 2.42. The van der Waals surface area contributed by atoms with Gasteiger partial charge in [0.25, 0.3) is 16.8 Å². The van der Waals surface area contributed by atoms with Gasteiger partial charge in [0, 0.05) is 12.6 Å². The Bertz CT molecular complexity index is 992. The number of aliphatic hydroxyl groups is 1. The summed E-state index contributed by atoms with van der Waals surface area (Å²) in [5.74, 6) is -1.52. The number of esters is 2. The summed E-state index contributed by atoms with van der Waals surface area (Å²) >= 11 is 5.19. The molecule has 1 aromatic carbocycles. The van der Waals surface area contributed by atoms with Gasteiger partial charge in [0.15, 0.2) is 5.75 Å². The number of rotatable bonds is 10. The summed E-state index contributed by atoms with van der Waals surface area (Å²) in [6.45, 7) is 4.58. The fourth-order valence-corrected chi connectivity index (χ4v) is 3.30. The Morgan fingerprint density at radius 3 is 2.67 bits per heavy atom. The first-order chi connectivity index (χ1) is 15.8. The number of aliphatic hydroxyl groups excluding tert-OH is 1. The van der Waals surface area contributed by atoms with Crippen LogP contribution in [0.5, 0.6) is 5.75 Å². The lowest BCUT2D eigenvalue weighted by molar-refractivity contribution is -0.148. The molecule has 3 rings (SSSR count). The topological polar surface area (TPSA) is 115 Å². The molecule has 176 valence electrons. The molecule has 2 aliphatic heterocycles. The highest BCUT2D eigenvalue weighted by molar-refractivity contribution is 7.80. The Morgan fingerprint density at radius 2 is 1.94 bits per heavy atom. The van der Waals surface area contributed by atoms with Crippen molar-refractivity contribution in [2.45, 2.75) is 25.9 Å². The van der Waals surface area contributed by atoms with E-state index in [0.717, 1.165) is 18.9 Å². The molecule has 1 atom stereocenters. The molecule has 1 unspecified atom stereocenters. The number of benzene rings is 1. The first-order valence-corrected chi connectivity index (χ1v) is 10.7. The third-order valence-electron chi connectivity index (χ3n) is 4.70. The van der Waals surface area contributed by atoms with Crippen LogP contribution >= 0.6 is 12.2 Å². The molecule has 1 amide bonds. The lowest BCUT2D eigenvalue weighted by Crippen LogP contribution is -2.34. The van der Waals surface area contributed by atoms with Crippen LogP contribution < -0.4 is 9.64 Å². The molecule has 0 spiro atoms. The van der Waals surface area contributed by atoms with Crippen LogP contribution in [-0.4, -0.2) is 65.4 Å². The second-order valence-electron chi connectivity index (χ2n) is 7.14. The zero-order valence-electron chi connectivity index (χ0n) is 18.0. The quantitative estimate of drug-likeness (QED) is 0.304. The summed E-state index contributed by atoms with van der Waals surface area (Å²) in [6.07, 6.45) is 1.37. The minimum Gasteiger partial charge on any atom is -0.461 e. The number of para-hydroxylation sites is 2. The van der Waals surface area contributed by atoms with Gasteiger partial charge in [-0.25, -0.2) is 4.79 Å². The first kappa shape index (κ1) is 24.2. The molecule has 33 heavy (non-hydrogen) atoms. The van der Waals surface area contributed by atoms with Crippen molar-refractivity contribution in [2.75, 3.05) is 31.2 Å². The van der Waals surface area contributed by atoms with Crippen molar-refractivity contribution in [1.29, 1.82) is 0 Å². The standard InChI is InChI=1S/C22H24N2O8S/c1-3-5-10-23-20(28)19(32-22(23)33)21-24(15-8-6-7-9-16(15)31-21)11-18(27)30-13-14(25)12-29-17(26)4-2/h4,6-9,14,25H,2-3,5,10-13H2,1H3. The largest absolute Gasteiger partial charge is 0.461 e. The fourth-order valence-electron chi connectivity index (χ4n) is 3.05. The minimum atomic E-state index is -1.21. The van der Waals surface area contributed by atoms with Crippen molar-refractivity contribution in [3.8, 4) is 5.75 Å². The molecule has 0 aliphatic carbocycles. The Balaban J connectivity index is 1.73. The van der Waals surface area contributed by atoms with Gasteiger partial charge in [-0.15, -0.1) is 0 Å². The maximum atomic E-state index is 12.9. The molecule has 10 nitrogen and oxygen atoms in total. The van der Waals surface area contributed by atoms with Crippen molar-refractivity contribution in [3.63, 3.8) is 0 Å². The molecule has 0 bridgehead atoms. The van der Waals surface area contributed by atoms with Crippen LogP contribution in [0.2, 0.25) is 0 Å². The van der Waals surface area contributed by atoms with Crippen LogP contribution in [0.3, 0.4) is 0 Å². The van der Waals surface area contributed by atoms with Gasteiger partial charge in [-0.05, 0) is 30.8 Å². The Labute approximate surface area is 195 Å². The second kappa shape index (κ2) is 10.9. The number of carbonyl (C=O) groups excluding carboxylic acids is 3. The van der Waals surface area contributed by atoms with E-state index in [1.165, 1.54) is 9.80 Å². The number of hydrogen-bond acceptors (Lipinski definition) is 10. The van der Waals surface area contributed by atoms with Gasteiger partial charge in [-0.3, -0.25) is 19.4 Å². The number of amides is 1. The number of anilines is 1. The smallest absolute Gasteiger partial charge is 0.330 e. The highest BCUT2D eigenvalue weighted by atomic mass is 32.1. The van der Waals surface area contributed by atoms with Gasteiger partial charge in [0.2, 0.25) is 0 Å². The van der Waals surface area contributed by atoms with E-state index in [1.807, 2.05) is 6.92 Å². The summed E-state index contributed by atoms with van der Waals surface area (Å²) in [6, 6.07) is 6.90. The van der Waals surface area contributed by atoms with Gasteiger partial charge in [-0.2, -0.15) is 0 Å². The number of ether oxygens (including phenoxy) is 4. The van der Waals surface area contributed by atoms with Crippen molar-refractivity contribution in [2.24, 2.45) is 0 Å². The molecule has 0 aromatic heterocycles. The number of unbranched alkanes of at least 4 members (excludes halogenated alkanes) is 1. The van der Waals surface area contributed by atoms with Crippen LogP contribution in [0.4, 0.5) is 5.69 Å². The van der Waals surface area contributed by atoms with Crippen LogP contribution in [-0.2, 0) is 28.6 Å². The second-order valence-corrected chi connectivity index (χ2v) is 7.49. The van der Waals surface area contributed by atoms with Crippen molar-refractivity contribution < 1.29 is 38.4 Å². The van der Waals surface area contributed by atoms with Gasteiger partial charge in [0.05, 0.1) is 5.69 Å². The zero-order valence-corrected chi connectivity index (χ0v) is 18.8. The lowest BCUT2D eigenvalue weighted by Gasteiger charge is -2.18. The molecular weight excluding hydrogens is 452 g/mol. The highest BCUT2D eigenvalue weighted by Crippen LogP contribution is 2.41. The number of thiocarbonyl (C=S) groups is 1. The van der Waals surface area contributed by atoms with E-state index < -0.39 is 30.6 Å². The monoisotopic (exact) mass is 476 g/mol. The van der Waals surface area contributed by atoms with E-state index in [4.69, 9.17) is 31.2 Å². The van der Waals surface area contributed by atoms with Crippen LogP contribution in [0.25, 0.3) is 0 Å². The zero-order chi connectivity index (χ0) is 24.0. The molecule has 0 saturated carbocycles. The average molecular weight is 477 g/mol. The van der Waals surface area contributed by atoms with Crippen LogP contribution in [0.15, 0.2) is 48.6 Å². The predicted molar refractivity (Wildman–Crippen MR) is 120 cm³/mol. The maximum Gasteiger partial charge on any atom is 0.330 e. The number of fused-ring (bicyclic) bond motifs is 1. The Kier molecular flexibility index (Phi) is 8.01. The summed E-state index contributed by atoms with van der Waals surface area (Å²) in [7, 11) is 0. The van der Waals surface area contributed by atoms with Crippen LogP contribution in [0, 0.1) is 0 Å². The normalized spacial score (nSPS) is 17.9. The number of hydrogen-bond donors (Lipinski definition) is 1. The molecular formula is C22H24N2O8S. The third-order valence-corrected chi connectivity index (χ3v) is 5.00. The van der Waals surface area contributed by atoms with Crippen molar-refractivity contribution >= 4 is 40.9 Å². The minimum absolute atomic E-state index is 0.0234. The van der Waals surface area contributed by atoms with Gasteiger partial charge in [0.1, 0.15) is 25.9 Å². The van der Waals surface area contributed by atoms with Crippen molar-refractivity contribution in [3.05, 3.63) is 48.6 Å². The van der Waals surface area contributed by atoms with E-state index in [-0.39, 0.29) is 30.0 Å². The molecule has 1 aromatic rings. The Morgan fingerprint density at radius 1 is 1.21 bits per heavy atom. The van der Waals surface area contributed by atoms with E-state index in [9.17, 15) is 19.5 Å². The van der Waals surface area contributed by atoms with Crippen molar-refractivity contribution in [1.82, 2.24) is 4.90 Å². The molecule has 2 heterocycles. The molecule has 1 saturated heterocycles. The summed E-state index contributed by atoms with van der Waals surface area (Å²) in [5, 5.41) is 9.85. The average Bonchev–Trinajstić information content (AvgIpc) is 3.31. The summed E-state index contributed by atoms with van der Waals surface area (Å²) in [4.78, 5) is 39.2. The fraction of sp³-hybridized carbons (Fsp3) is 0.364. The van der Waals surface area contributed by atoms with E-state index in [1.54, 1.807) is 24.3 Å². The summed E-state index contributed by atoms with van der Waals surface area (Å²) < 4.78 is 21.2. The molecule has 2 aliphatic rings. The first-order valence-electron chi connectivity index (χ1n) is 10.3. The van der Waals surface area contributed by atoms with E-state index in [2.05, 4.69) is 6.58 Å². The van der Waals surface area contributed by atoms with Gasteiger partial charge >= 0.3 is 17.8 Å². The maximum absolute atomic E-state index is 12.9. The van der Waals surface area contributed by atoms with E-state index in [0.29, 0.717) is 18.0 Å². The SMILES string of the molecule is C=CC(=O)OCC(O)COC(=O)CN1C(=C2OC(=S)N(CCCC)C2=O)Oc2ccccc21. The molecule has 0 radical (unpaired) electrons. The predicted octanol–water partition coefficient (Wildman–Crippen LogP) is 1.63. The molecule has 11 heteroatoms. The molecule has 1 N–H and O–H groups in total. The molecule has 1 fully saturated rings. The number of nitrogens with zero attached hydrogens (tertiary/aromatic N) is 2. The Hall–Kier alpha value is -3.44. The summed E-state index contributed by atoms with van der Waals surface area (Å²) in [5.41, 5.74) is 0.534.